The van der Waals surface area contributed by atoms with Crippen molar-refractivity contribution in [3.05, 3.63) is 28.8 Å². The summed E-state index contributed by atoms with van der Waals surface area (Å²) in [5, 5.41) is 0.291. The molecule has 2 N–H and O–H groups in total. The first-order valence-electron chi connectivity index (χ1n) is 5.50. The van der Waals surface area contributed by atoms with Gasteiger partial charge in [-0.15, -0.1) is 0 Å². The maximum atomic E-state index is 11.8. The highest BCUT2D eigenvalue weighted by Crippen LogP contribution is 2.21. The monoisotopic (exact) mass is 268 g/mol. The Kier molecular flexibility index (Phi) is 3.43. The number of nitrogen functional groups attached to an aromatic ring is 1. The Hall–Kier alpha value is -1.75. The van der Waals surface area contributed by atoms with E-state index in [-0.39, 0.29) is 11.5 Å². The molecule has 0 bridgehead atoms. The Bertz CT molecular complexity index is 504. The number of hydrogen-bond acceptors (Lipinski definition) is 4. The van der Waals surface area contributed by atoms with E-state index in [1.807, 2.05) is 0 Å². The topological polar surface area (TPSA) is 72.6 Å². The normalized spacial score (nSPS) is 19.1. The number of nitrogens with two attached hydrogens (primary N) is 1. The quantitative estimate of drug-likeness (QED) is 0.648. The molecule has 1 heterocycles. The van der Waals surface area contributed by atoms with Crippen molar-refractivity contribution in [2.75, 3.05) is 19.3 Å². The molecule has 96 valence electrons. The zero-order valence-electron chi connectivity index (χ0n) is 9.85. The molecule has 1 atom stereocenters. The summed E-state index contributed by atoms with van der Waals surface area (Å²) in [6, 6.07) is 4.48. The molecule has 0 aromatic heterocycles. The zero-order chi connectivity index (χ0) is 13.3. The van der Waals surface area contributed by atoms with Crippen molar-refractivity contribution in [3.63, 3.8) is 0 Å². The SMILES string of the molecule is CN1CCC(OC(=O)c2ccc(N)c(Cl)c2)C1=O. The lowest BCUT2D eigenvalue weighted by atomic mass is 10.2. The van der Waals surface area contributed by atoms with Crippen LogP contribution in [-0.4, -0.2) is 36.5 Å². The molecule has 1 fully saturated rings. The molecule has 2 rings (SSSR count). The second kappa shape index (κ2) is 4.86. The number of rotatable bonds is 2. The summed E-state index contributed by atoms with van der Waals surface area (Å²) in [4.78, 5) is 25.0. The Balaban J connectivity index is 2.08. The lowest BCUT2D eigenvalue weighted by molar-refractivity contribution is -0.133. The smallest absolute Gasteiger partial charge is 0.338 e. The largest absolute Gasteiger partial charge is 0.449 e. The summed E-state index contributed by atoms with van der Waals surface area (Å²) in [6.07, 6.45) is -0.178. The van der Waals surface area contributed by atoms with Gasteiger partial charge in [0.25, 0.3) is 5.91 Å². The number of amides is 1. The third-order valence-electron chi connectivity index (χ3n) is 2.86. The van der Waals surface area contributed by atoms with E-state index < -0.39 is 12.1 Å². The van der Waals surface area contributed by atoms with E-state index >= 15 is 0 Å². The van der Waals surface area contributed by atoms with Gasteiger partial charge in [0.1, 0.15) is 0 Å². The predicted molar refractivity (Wildman–Crippen MR) is 67.3 cm³/mol. The Morgan fingerprint density at radius 1 is 1.56 bits per heavy atom. The first-order chi connectivity index (χ1) is 8.49. The van der Waals surface area contributed by atoms with Crippen LogP contribution in [0.25, 0.3) is 0 Å². The molecule has 0 spiro atoms. The van der Waals surface area contributed by atoms with Crippen LogP contribution < -0.4 is 5.73 Å². The lowest BCUT2D eigenvalue weighted by Gasteiger charge is -2.11. The number of likely N-dealkylation sites (tertiary alicyclic amines) is 1. The van der Waals surface area contributed by atoms with Gasteiger partial charge in [0.2, 0.25) is 0 Å². The Morgan fingerprint density at radius 3 is 2.83 bits per heavy atom. The van der Waals surface area contributed by atoms with Crippen molar-refractivity contribution in [2.24, 2.45) is 0 Å². The van der Waals surface area contributed by atoms with Crippen LogP contribution in [-0.2, 0) is 9.53 Å². The third kappa shape index (κ3) is 2.41. The van der Waals surface area contributed by atoms with E-state index in [9.17, 15) is 9.59 Å². The molecule has 5 nitrogen and oxygen atoms in total. The summed E-state index contributed by atoms with van der Waals surface area (Å²) in [5.74, 6) is -0.740. The fourth-order valence-corrected chi connectivity index (χ4v) is 1.93. The predicted octanol–water partition coefficient (Wildman–Crippen LogP) is 1.31. The maximum absolute atomic E-state index is 11.8. The van der Waals surface area contributed by atoms with Crippen LogP contribution in [0.3, 0.4) is 0 Å². The van der Waals surface area contributed by atoms with Crippen molar-refractivity contribution in [1.82, 2.24) is 4.90 Å². The molecular weight excluding hydrogens is 256 g/mol. The highest BCUT2D eigenvalue weighted by Gasteiger charge is 2.32. The average Bonchev–Trinajstić information content (AvgIpc) is 2.64. The van der Waals surface area contributed by atoms with Gasteiger partial charge < -0.3 is 15.4 Å². The second-order valence-electron chi connectivity index (χ2n) is 4.18. The first kappa shape index (κ1) is 12.7. The molecule has 0 radical (unpaired) electrons. The summed E-state index contributed by atoms with van der Waals surface area (Å²) < 4.78 is 5.15. The van der Waals surface area contributed by atoms with Gasteiger partial charge in [-0.3, -0.25) is 4.79 Å². The van der Waals surface area contributed by atoms with Crippen molar-refractivity contribution < 1.29 is 14.3 Å². The van der Waals surface area contributed by atoms with Gasteiger partial charge in [-0.25, -0.2) is 4.79 Å². The van der Waals surface area contributed by atoms with E-state index in [1.165, 1.54) is 23.1 Å². The number of halogens is 1. The number of nitrogens with zero attached hydrogens (tertiary/aromatic N) is 1. The summed E-state index contributed by atoms with van der Waals surface area (Å²) in [7, 11) is 1.68. The van der Waals surface area contributed by atoms with E-state index in [2.05, 4.69) is 0 Å². The highest BCUT2D eigenvalue weighted by molar-refractivity contribution is 6.33. The number of hydrogen-bond donors (Lipinski definition) is 1. The van der Waals surface area contributed by atoms with Crippen molar-refractivity contribution >= 4 is 29.2 Å². The minimum absolute atomic E-state index is 0.176. The molecule has 0 saturated carbocycles. The van der Waals surface area contributed by atoms with Crippen molar-refractivity contribution in [1.29, 1.82) is 0 Å². The second-order valence-corrected chi connectivity index (χ2v) is 4.59. The van der Waals surface area contributed by atoms with Crippen LogP contribution in [0.1, 0.15) is 16.8 Å². The van der Waals surface area contributed by atoms with Crippen LogP contribution in [0.4, 0.5) is 5.69 Å². The number of carbonyl (C=O) groups is 2. The van der Waals surface area contributed by atoms with Gasteiger partial charge in [-0.05, 0) is 18.2 Å². The molecule has 1 aromatic carbocycles. The first-order valence-corrected chi connectivity index (χ1v) is 5.88. The van der Waals surface area contributed by atoms with Crippen LogP contribution in [0.2, 0.25) is 5.02 Å². The fraction of sp³-hybridized carbons (Fsp3) is 0.333. The molecule has 1 aliphatic rings. The Morgan fingerprint density at radius 2 is 2.28 bits per heavy atom. The lowest BCUT2D eigenvalue weighted by Crippen LogP contribution is -2.29. The summed E-state index contributed by atoms with van der Waals surface area (Å²) in [5.41, 5.74) is 6.23. The molecule has 1 aliphatic heterocycles. The minimum Gasteiger partial charge on any atom is -0.449 e. The highest BCUT2D eigenvalue weighted by atomic mass is 35.5. The van der Waals surface area contributed by atoms with Crippen molar-refractivity contribution in [3.8, 4) is 0 Å². The number of likely N-dealkylation sites (N-methyl/N-ethyl adjacent to an activating group) is 1. The molecular formula is C12H13ClN2O3. The standard InChI is InChI=1S/C12H13ClN2O3/c1-15-5-4-10(11(15)16)18-12(17)7-2-3-9(14)8(13)6-7/h2-3,6,10H,4-5,14H2,1H3. The van der Waals surface area contributed by atoms with Gasteiger partial charge >= 0.3 is 5.97 Å². The fourth-order valence-electron chi connectivity index (χ4n) is 1.75. The van der Waals surface area contributed by atoms with Crippen LogP contribution in [0.5, 0.6) is 0 Å². The zero-order valence-corrected chi connectivity index (χ0v) is 10.6. The minimum atomic E-state index is -0.696. The maximum Gasteiger partial charge on any atom is 0.338 e. The molecule has 6 heteroatoms. The van der Waals surface area contributed by atoms with E-state index in [1.54, 1.807) is 7.05 Å². The molecule has 1 amide bonds. The van der Waals surface area contributed by atoms with Crippen molar-refractivity contribution in [2.45, 2.75) is 12.5 Å². The van der Waals surface area contributed by atoms with E-state index in [0.29, 0.717) is 23.7 Å². The van der Waals surface area contributed by atoms with Gasteiger partial charge in [0, 0.05) is 20.0 Å². The average molecular weight is 269 g/mol. The summed E-state index contributed by atoms with van der Waals surface area (Å²) in [6.45, 7) is 0.597. The van der Waals surface area contributed by atoms with Crippen LogP contribution in [0, 0.1) is 0 Å². The molecule has 18 heavy (non-hydrogen) atoms. The number of anilines is 1. The number of ether oxygens (including phenoxy) is 1. The van der Waals surface area contributed by atoms with Gasteiger partial charge in [-0.2, -0.15) is 0 Å². The molecule has 1 saturated heterocycles. The van der Waals surface area contributed by atoms with Gasteiger partial charge in [-0.1, -0.05) is 11.6 Å². The Labute approximate surface area is 109 Å². The summed E-state index contributed by atoms with van der Waals surface area (Å²) >= 11 is 5.82. The van der Waals surface area contributed by atoms with Crippen LogP contribution in [0.15, 0.2) is 18.2 Å². The molecule has 1 unspecified atom stereocenters. The molecule has 0 aliphatic carbocycles. The third-order valence-corrected chi connectivity index (χ3v) is 3.19. The number of esters is 1. The van der Waals surface area contributed by atoms with E-state index in [0.717, 1.165) is 0 Å². The van der Waals surface area contributed by atoms with E-state index in [4.69, 9.17) is 22.1 Å². The number of benzene rings is 1. The van der Waals surface area contributed by atoms with Gasteiger partial charge in [0.05, 0.1) is 16.3 Å². The molecule has 1 aromatic rings. The van der Waals surface area contributed by atoms with Crippen LogP contribution >= 0.6 is 11.6 Å². The van der Waals surface area contributed by atoms with Gasteiger partial charge in [0.15, 0.2) is 6.10 Å². The number of carbonyl (C=O) groups excluding carboxylic acids is 2.